The minimum absolute atomic E-state index is 0.00348. The van der Waals surface area contributed by atoms with E-state index in [0.29, 0.717) is 11.5 Å². The first-order chi connectivity index (χ1) is 13.4. The molecule has 0 unspecified atom stereocenters. The maximum Gasteiger partial charge on any atom is 0.294 e. The number of hydrogen-bond donors (Lipinski definition) is 1. The maximum absolute atomic E-state index is 12.8. The molecule has 0 spiro atoms. The summed E-state index contributed by atoms with van der Waals surface area (Å²) in [5, 5.41) is 19.7. The third-order valence-electron chi connectivity index (χ3n) is 3.99. The quantitative estimate of drug-likeness (QED) is 0.266. The molecule has 3 aromatic rings. The maximum atomic E-state index is 12.8. The van der Waals surface area contributed by atoms with Crippen LogP contribution < -0.4 is 19.6 Å². The molecule has 10 nitrogen and oxygen atoms in total. The Morgan fingerprint density at radius 2 is 1.79 bits per heavy atom. The van der Waals surface area contributed by atoms with Crippen LogP contribution in [0.4, 0.5) is 0 Å². The lowest BCUT2D eigenvalue weighted by Crippen LogP contribution is -2.07. The lowest BCUT2D eigenvalue weighted by molar-refractivity contribution is -0.757. The summed E-state index contributed by atoms with van der Waals surface area (Å²) >= 11 is 0. The Kier molecular flexibility index (Phi) is 5.39. The van der Waals surface area contributed by atoms with E-state index in [4.69, 9.17) is 18.6 Å². The number of hydrogen-bond acceptors (Lipinski definition) is 9. The summed E-state index contributed by atoms with van der Waals surface area (Å²) in [4.78, 5) is 27.1. The molecule has 0 aliphatic rings. The zero-order chi connectivity index (χ0) is 20.3. The molecule has 28 heavy (non-hydrogen) atoms. The molecule has 0 aliphatic carbocycles. The number of fused-ring (bicyclic) bond motifs is 2. The van der Waals surface area contributed by atoms with Crippen LogP contribution in [0.25, 0.3) is 21.9 Å². The summed E-state index contributed by atoms with van der Waals surface area (Å²) in [7, 11) is 2.91. The predicted molar refractivity (Wildman–Crippen MR) is 97.8 cm³/mol. The van der Waals surface area contributed by atoms with Crippen LogP contribution in [0, 0.1) is 10.1 Å². The van der Waals surface area contributed by atoms with Crippen molar-refractivity contribution in [3.05, 3.63) is 44.6 Å². The summed E-state index contributed by atoms with van der Waals surface area (Å²) in [6.45, 7) is -0.00443. The molecule has 0 fully saturated rings. The van der Waals surface area contributed by atoms with Gasteiger partial charge in [-0.15, -0.1) is 10.1 Å². The highest BCUT2D eigenvalue weighted by Crippen LogP contribution is 2.35. The molecule has 1 aromatic heterocycles. The smallest absolute Gasteiger partial charge is 0.294 e. The third kappa shape index (κ3) is 3.70. The van der Waals surface area contributed by atoms with Crippen molar-refractivity contribution in [1.29, 1.82) is 0 Å². The van der Waals surface area contributed by atoms with Gasteiger partial charge in [-0.25, -0.2) is 0 Å². The van der Waals surface area contributed by atoms with Crippen LogP contribution in [0.15, 0.2) is 33.5 Å². The molecule has 0 amide bonds. The molecule has 0 saturated heterocycles. The number of methoxy groups -OCH3 is 2. The molecule has 2 aromatic carbocycles. The standard InChI is InChI=1S/C18H17NO9/c1-24-14-8-11-13(9-15(14)25-2)28-16-7-10(6-12(20)17(16)18(11)21)26-4-3-5-27-19(22)23/h6-9,20H,3-5H2,1-2H3. The van der Waals surface area contributed by atoms with Crippen molar-refractivity contribution >= 4 is 21.9 Å². The Balaban J connectivity index is 1.98. The van der Waals surface area contributed by atoms with Crippen molar-refractivity contribution in [2.75, 3.05) is 27.4 Å². The highest BCUT2D eigenvalue weighted by atomic mass is 16.9. The van der Waals surface area contributed by atoms with E-state index in [1.54, 1.807) is 0 Å². The zero-order valence-corrected chi connectivity index (χ0v) is 15.1. The fourth-order valence-corrected chi connectivity index (χ4v) is 2.73. The third-order valence-corrected chi connectivity index (χ3v) is 3.99. The average Bonchev–Trinajstić information content (AvgIpc) is 2.66. The van der Waals surface area contributed by atoms with Crippen LogP contribution in [0.5, 0.6) is 23.0 Å². The highest BCUT2D eigenvalue weighted by molar-refractivity contribution is 5.94. The largest absolute Gasteiger partial charge is 0.507 e. The summed E-state index contributed by atoms with van der Waals surface area (Å²) in [5.74, 6) is 0.687. The van der Waals surface area contributed by atoms with E-state index >= 15 is 0 Å². The topological polar surface area (TPSA) is 130 Å². The second-order valence-electron chi connectivity index (χ2n) is 5.71. The van der Waals surface area contributed by atoms with E-state index in [0.717, 1.165) is 0 Å². The second-order valence-corrected chi connectivity index (χ2v) is 5.71. The van der Waals surface area contributed by atoms with Crippen LogP contribution in [0.1, 0.15) is 6.42 Å². The Morgan fingerprint density at radius 1 is 1.07 bits per heavy atom. The van der Waals surface area contributed by atoms with Gasteiger partial charge >= 0.3 is 0 Å². The highest BCUT2D eigenvalue weighted by Gasteiger charge is 2.16. The van der Waals surface area contributed by atoms with E-state index in [9.17, 15) is 20.0 Å². The van der Waals surface area contributed by atoms with E-state index in [1.165, 1.54) is 38.5 Å². The van der Waals surface area contributed by atoms with Gasteiger partial charge in [0.1, 0.15) is 28.1 Å². The van der Waals surface area contributed by atoms with Gasteiger partial charge in [0.2, 0.25) is 5.43 Å². The van der Waals surface area contributed by atoms with Crippen molar-refractivity contribution in [3.8, 4) is 23.0 Å². The fourth-order valence-electron chi connectivity index (χ4n) is 2.73. The first kappa shape index (κ1) is 19.1. The molecule has 10 heteroatoms. The molecule has 3 rings (SSSR count). The number of aromatic hydroxyl groups is 1. The van der Waals surface area contributed by atoms with Crippen LogP contribution in [0.2, 0.25) is 0 Å². The summed E-state index contributed by atoms with van der Waals surface area (Å²) in [6.07, 6.45) is 0.262. The van der Waals surface area contributed by atoms with Gasteiger partial charge in [0, 0.05) is 24.6 Å². The van der Waals surface area contributed by atoms with E-state index in [2.05, 4.69) is 4.84 Å². The number of phenols is 1. The molecule has 0 aliphatic heterocycles. The van der Waals surface area contributed by atoms with Crippen molar-refractivity contribution < 1.29 is 33.7 Å². The lowest BCUT2D eigenvalue weighted by atomic mass is 10.1. The van der Waals surface area contributed by atoms with Crippen LogP contribution in [-0.2, 0) is 4.84 Å². The first-order valence-corrected chi connectivity index (χ1v) is 8.20. The minimum atomic E-state index is -0.884. The van der Waals surface area contributed by atoms with Gasteiger partial charge in [-0.05, 0) is 6.07 Å². The Bertz CT molecular complexity index is 1090. The van der Waals surface area contributed by atoms with Crippen molar-refractivity contribution in [1.82, 2.24) is 0 Å². The average molecular weight is 391 g/mol. The van der Waals surface area contributed by atoms with Crippen molar-refractivity contribution in [3.63, 3.8) is 0 Å². The fraction of sp³-hybridized carbons (Fsp3) is 0.278. The molecule has 1 N–H and O–H groups in total. The van der Waals surface area contributed by atoms with E-state index in [1.807, 2.05) is 0 Å². The number of phenolic OH excluding ortho intramolecular Hbond substituents is 1. The molecular weight excluding hydrogens is 374 g/mol. The number of rotatable bonds is 8. The van der Waals surface area contributed by atoms with Crippen LogP contribution in [0.3, 0.4) is 0 Å². The van der Waals surface area contributed by atoms with Gasteiger partial charge in [-0.1, -0.05) is 0 Å². The molecule has 0 radical (unpaired) electrons. The second kappa shape index (κ2) is 7.91. The van der Waals surface area contributed by atoms with E-state index < -0.39 is 10.5 Å². The van der Waals surface area contributed by atoms with Crippen molar-refractivity contribution in [2.24, 2.45) is 0 Å². The lowest BCUT2D eigenvalue weighted by Gasteiger charge is -2.11. The predicted octanol–water partition coefficient (Wildman–Crippen LogP) is 2.65. The first-order valence-electron chi connectivity index (χ1n) is 8.20. The zero-order valence-electron chi connectivity index (χ0n) is 15.1. The van der Waals surface area contributed by atoms with Gasteiger partial charge in [0.05, 0.1) is 32.8 Å². The summed E-state index contributed by atoms with van der Waals surface area (Å²) in [6, 6.07) is 5.74. The normalized spacial score (nSPS) is 10.8. The van der Waals surface area contributed by atoms with Gasteiger partial charge in [0.15, 0.2) is 11.5 Å². The monoisotopic (exact) mass is 391 g/mol. The Hall–Kier alpha value is -3.69. The van der Waals surface area contributed by atoms with Gasteiger partial charge in [0.25, 0.3) is 5.09 Å². The molecule has 0 bridgehead atoms. The molecule has 1 heterocycles. The van der Waals surface area contributed by atoms with Gasteiger partial charge < -0.3 is 28.6 Å². The molecular formula is C18H17NO9. The SMILES string of the molecule is COc1cc2oc3cc(OCCCO[N+](=O)[O-])cc(O)c3c(=O)c2cc1OC. The number of nitrogens with zero attached hydrogens (tertiary/aromatic N) is 1. The molecule has 148 valence electrons. The Morgan fingerprint density at radius 3 is 2.46 bits per heavy atom. The van der Waals surface area contributed by atoms with E-state index in [-0.39, 0.29) is 53.1 Å². The van der Waals surface area contributed by atoms with Gasteiger partial charge in [-0.2, -0.15) is 0 Å². The number of ether oxygens (including phenoxy) is 3. The number of benzene rings is 2. The molecule has 0 saturated carbocycles. The van der Waals surface area contributed by atoms with Crippen LogP contribution >= 0.6 is 0 Å². The Labute approximate surface area is 157 Å². The minimum Gasteiger partial charge on any atom is -0.507 e. The molecule has 0 atom stereocenters. The van der Waals surface area contributed by atoms with Crippen LogP contribution in [-0.4, -0.2) is 37.6 Å². The van der Waals surface area contributed by atoms with Gasteiger partial charge in [-0.3, -0.25) is 4.79 Å². The summed E-state index contributed by atoms with van der Waals surface area (Å²) in [5.41, 5.74) is -0.0482. The van der Waals surface area contributed by atoms with Crippen molar-refractivity contribution in [2.45, 2.75) is 6.42 Å². The summed E-state index contributed by atoms with van der Waals surface area (Å²) < 4.78 is 21.6.